The Balaban J connectivity index is 2.03. The minimum atomic E-state index is -0.334. The van der Waals surface area contributed by atoms with E-state index in [0.29, 0.717) is 17.9 Å². The molecule has 0 bridgehead atoms. The Morgan fingerprint density at radius 3 is 2.67 bits per heavy atom. The minimum Gasteiger partial charge on any atom is -0.508 e. The number of aromatic hydroxyl groups is 1. The zero-order valence-electron chi connectivity index (χ0n) is 13.3. The molecule has 1 atom stereocenters. The highest BCUT2D eigenvalue weighted by molar-refractivity contribution is 5.57. The van der Waals surface area contributed by atoms with Crippen LogP contribution in [0.5, 0.6) is 17.2 Å². The molecule has 0 radical (unpaired) electrons. The Kier molecular flexibility index (Phi) is 4.30. The number of allylic oxidation sites excluding steroid dienone is 1. The van der Waals surface area contributed by atoms with E-state index in [0.717, 1.165) is 23.3 Å². The number of fused-ring (bicyclic) bond motifs is 1. The number of nitrogens with zero attached hydrogens (tertiary/aromatic N) is 1. The van der Waals surface area contributed by atoms with Crippen LogP contribution in [0.4, 0.5) is 0 Å². The van der Waals surface area contributed by atoms with Gasteiger partial charge in [0.2, 0.25) is 5.88 Å². The van der Waals surface area contributed by atoms with Gasteiger partial charge < -0.3 is 20.3 Å². The maximum absolute atomic E-state index is 9.65. The van der Waals surface area contributed by atoms with Crippen LogP contribution in [0.15, 0.2) is 53.9 Å². The Morgan fingerprint density at radius 2 is 2.00 bits per heavy atom. The van der Waals surface area contributed by atoms with Gasteiger partial charge in [0, 0.05) is 11.6 Å². The molecule has 0 amide bonds. The normalized spacial score (nSPS) is 16.1. The van der Waals surface area contributed by atoms with Crippen molar-refractivity contribution in [3.8, 4) is 23.3 Å². The van der Waals surface area contributed by atoms with Crippen LogP contribution in [-0.4, -0.2) is 11.7 Å². The van der Waals surface area contributed by atoms with Crippen molar-refractivity contribution in [3.05, 3.63) is 65.0 Å². The van der Waals surface area contributed by atoms with Crippen molar-refractivity contribution in [2.45, 2.75) is 19.3 Å². The van der Waals surface area contributed by atoms with Crippen molar-refractivity contribution in [2.75, 3.05) is 6.61 Å². The van der Waals surface area contributed by atoms with Gasteiger partial charge in [-0.2, -0.15) is 5.26 Å². The molecule has 3 N–H and O–H groups in total. The van der Waals surface area contributed by atoms with Crippen LogP contribution in [0.3, 0.4) is 0 Å². The molecule has 2 aromatic carbocycles. The molecule has 0 aromatic heterocycles. The highest BCUT2D eigenvalue weighted by Gasteiger charge is 2.30. The van der Waals surface area contributed by atoms with Crippen LogP contribution in [-0.2, 0) is 0 Å². The number of rotatable bonds is 4. The van der Waals surface area contributed by atoms with Gasteiger partial charge in [0.15, 0.2) is 0 Å². The second-order valence-electron chi connectivity index (χ2n) is 5.56. The lowest BCUT2D eigenvalue weighted by Gasteiger charge is -2.26. The molecular weight excluding hydrogens is 304 g/mol. The van der Waals surface area contributed by atoms with Crippen molar-refractivity contribution in [2.24, 2.45) is 5.73 Å². The lowest BCUT2D eigenvalue weighted by atomic mass is 9.83. The molecule has 0 aliphatic carbocycles. The fourth-order valence-electron chi connectivity index (χ4n) is 2.76. The van der Waals surface area contributed by atoms with Crippen molar-refractivity contribution in [1.82, 2.24) is 0 Å². The monoisotopic (exact) mass is 322 g/mol. The predicted molar refractivity (Wildman–Crippen MR) is 89.6 cm³/mol. The molecule has 24 heavy (non-hydrogen) atoms. The quantitative estimate of drug-likeness (QED) is 0.900. The van der Waals surface area contributed by atoms with Crippen LogP contribution < -0.4 is 15.2 Å². The van der Waals surface area contributed by atoms with E-state index in [-0.39, 0.29) is 17.6 Å². The van der Waals surface area contributed by atoms with Gasteiger partial charge in [0.05, 0.1) is 12.5 Å². The van der Waals surface area contributed by atoms with E-state index in [1.54, 1.807) is 12.1 Å². The van der Waals surface area contributed by atoms with E-state index in [4.69, 9.17) is 15.2 Å². The summed E-state index contributed by atoms with van der Waals surface area (Å²) in [5, 5.41) is 19.2. The third kappa shape index (κ3) is 2.86. The molecule has 0 unspecified atom stereocenters. The van der Waals surface area contributed by atoms with E-state index >= 15 is 0 Å². The molecule has 2 aromatic rings. The summed E-state index contributed by atoms with van der Waals surface area (Å²) in [6.45, 7) is 2.71. The third-order valence-electron chi connectivity index (χ3n) is 3.89. The number of nitriles is 1. The summed E-state index contributed by atoms with van der Waals surface area (Å²) >= 11 is 0. The first-order valence-corrected chi connectivity index (χ1v) is 7.77. The van der Waals surface area contributed by atoms with Gasteiger partial charge in [0.1, 0.15) is 28.9 Å². The summed E-state index contributed by atoms with van der Waals surface area (Å²) in [5.74, 6) is 1.06. The Bertz CT molecular complexity index is 819. The lowest BCUT2D eigenvalue weighted by molar-refractivity contribution is 0.317. The van der Waals surface area contributed by atoms with Gasteiger partial charge >= 0.3 is 0 Å². The van der Waals surface area contributed by atoms with Crippen molar-refractivity contribution < 1.29 is 14.6 Å². The van der Waals surface area contributed by atoms with Gasteiger partial charge in [-0.15, -0.1) is 0 Å². The zero-order chi connectivity index (χ0) is 17.1. The Morgan fingerprint density at radius 1 is 1.25 bits per heavy atom. The van der Waals surface area contributed by atoms with Gasteiger partial charge in [-0.3, -0.25) is 0 Å². The molecule has 3 rings (SSSR count). The highest BCUT2D eigenvalue weighted by Crippen LogP contribution is 2.43. The second-order valence-corrected chi connectivity index (χ2v) is 5.56. The number of ether oxygens (including phenoxy) is 2. The summed E-state index contributed by atoms with van der Waals surface area (Å²) in [5.41, 5.74) is 7.97. The maximum Gasteiger partial charge on any atom is 0.205 e. The van der Waals surface area contributed by atoms with Gasteiger partial charge in [-0.25, -0.2) is 0 Å². The largest absolute Gasteiger partial charge is 0.508 e. The first kappa shape index (κ1) is 15.8. The molecule has 0 saturated carbocycles. The summed E-state index contributed by atoms with van der Waals surface area (Å²) in [6.07, 6.45) is 0.941. The molecule has 1 aliphatic heterocycles. The molecule has 5 nitrogen and oxygen atoms in total. The first-order valence-electron chi connectivity index (χ1n) is 7.77. The van der Waals surface area contributed by atoms with Crippen molar-refractivity contribution in [1.29, 1.82) is 5.26 Å². The standard InChI is InChI=1S/C19H18N2O3/c1-2-9-23-14-6-3-12(4-7-14)18-15-8-5-13(22)10-17(15)24-19(21)16(18)11-20/h3-8,10,18,22H,2,9,21H2,1H3/t18-/m0/s1. The van der Waals surface area contributed by atoms with Crippen LogP contribution >= 0.6 is 0 Å². The van der Waals surface area contributed by atoms with E-state index in [1.165, 1.54) is 6.07 Å². The fraction of sp³-hybridized carbons (Fsp3) is 0.211. The molecule has 122 valence electrons. The minimum absolute atomic E-state index is 0.0620. The fourth-order valence-corrected chi connectivity index (χ4v) is 2.76. The van der Waals surface area contributed by atoms with Crippen LogP contribution in [0.1, 0.15) is 30.4 Å². The second kappa shape index (κ2) is 6.55. The molecule has 1 heterocycles. The van der Waals surface area contributed by atoms with E-state index < -0.39 is 0 Å². The van der Waals surface area contributed by atoms with Gasteiger partial charge in [0.25, 0.3) is 0 Å². The number of phenolic OH excluding ortho intramolecular Hbond substituents is 1. The summed E-state index contributed by atoms with van der Waals surface area (Å²) in [4.78, 5) is 0. The predicted octanol–water partition coefficient (Wildman–Crippen LogP) is 3.40. The SMILES string of the molecule is CCCOc1ccc([C@@H]2C(C#N)=C(N)Oc3cc(O)ccc32)cc1. The van der Waals surface area contributed by atoms with Gasteiger partial charge in [-0.05, 0) is 30.2 Å². The summed E-state index contributed by atoms with van der Waals surface area (Å²) in [6, 6.07) is 14.6. The lowest BCUT2D eigenvalue weighted by Crippen LogP contribution is -2.20. The topological polar surface area (TPSA) is 88.5 Å². The van der Waals surface area contributed by atoms with E-state index in [1.807, 2.05) is 24.3 Å². The van der Waals surface area contributed by atoms with Crippen LogP contribution in [0, 0.1) is 11.3 Å². The maximum atomic E-state index is 9.65. The molecular formula is C19H18N2O3. The molecule has 0 fully saturated rings. The van der Waals surface area contributed by atoms with Crippen molar-refractivity contribution >= 4 is 0 Å². The Labute approximate surface area is 140 Å². The first-order chi connectivity index (χ1) is 11.6. The molecule has 0 saturated heterocycles. The van der Waals surface area contributed by atoms with Gasteiger partial charge in [-0.1, -0.05) is 25.1 Å². The summed E-state index contributed by atoms with van der Waals surface area (Å²) in [7, 11) is 0. The number of benzene rings is 2. The van der Waals surface area contributed by atoms with Crippen LogP contribution in [0.2, 0.25) is 0 Å². The Hall–Kier alpha value is -3.13. The number of hydrogen-bond acceptors (Lipinski definition) is 5. The van der Waals surface area contributed by atoms with Crippen LogP contribution in [0.25, 0.3) is 0 Å². The average Bonchev–Trinajstić information content (AvgIpc) is 2.59. The molecule has 0 spiro atoms. The van der Waals surface area contributed by atoms with E-state index in [2.05, 4.69) is 13.0 Å². The summed E-state index contributed by atoms with van der Waals surface area (Å²) < 4.78 is 11.1. The smallest absolute Gasteiger partial charge is 0.205 e. The molecule has 5 heteroatoms. The van der Waals surface area contributed by atoms with E-state index in [9.17, 15) is 10.4 Å². The zero-order valence-corrected chi connectivity index (χ0v) is 13.3. The number of nitrogens with two attached hydrogens (primary N) is 1. The highest BCUT2D eigenvalue weighted by atomic mass is 16.5. The average molecular weight is 322 g/mol. The third-order valence-corrected chi connectivity index (χ3v) is 3.89. The number of hydrogen-bond donors (Lipinski definition) is 2. The van der Waals surface area contributed by atoms with Crippen molar-refractivity contribution in [3.63, 3.8) is 0 Å². The molecule has 1 aliphatic rings. The number of phenols is 1.